The number of hydrogen-bond acceptors (Lipinski definition) is 4. The number of carbonyl (C=O) groups is 1. The van der Waals surface area contributed by atoms with Crippen molar-refractivity contribution in [3.63, 3.8) is 0 Å². The first-order valence-electron chi connectivity index (χ1n) is 9.89. The van der Waals surface area contributed by atoms with Crippen molar-refractivity contribution in [1.82, 2.24) is 4.31 Å². The number of hydrogen-bond donors (Lipinski definition) is 1. The minimum Gasteiger partial charge on any atom is -0.492 e. The van der Waals surface area contributed by atoms with E-state index in [1.807, 2.05) is 26.0 Å². The lowest BCUT2D eigenvalue weighted by atomic mass is 9.75. The molecular formula is C22H29ClN2O4S. The van der Waals surface area contributed by atoms with Crippen LogP contribution < -0.4 is 10.1 Å². The van der Waals surface area contributed by atoms with Gasteiger partial charge in [-0.3, -0.25) is 4.79 Å². The standard InChI is InChI=1S/C22H29ClN2O4S/c1-6-22(7-2,16-9-11-17(23)12-10-16)21(26)24-18-13-14-19(29-8-3)20(15-18)30(27,28)25(4)5/h9-15H,6-8H2,1-5H3,(H,24,26). The second-order valence-electron chi connectivity index (χ2n) is 7.13. The summed E-state index contributed by atoms with van der Waals surface area (Å²) in [5, 5.41) is 3.51. The SMILES string of the molecule is CCOc1ccc(NC(=O)C(CC)(CC)c2ccc(Cl)cc2)cc1S(=O)(=O)N(C)C. The number of nitrogens with zero attached hydrogens (tertiary/aromatic N) is 1. The highest BCUT2D eigenvalue weighted by Crippen LogP contribution is 2.35. The lowest BCUT2D eigenvalue weighted by molar-refractivity contribution is -0.121. The van der Waals surface area contributed by atoms with E-state index in [0.717, 1.165) is 9.87 Å². The summed E-state index contributed by atoms with van der Waals surface area (Å²) in [6, 6.07) is 11.9. The number of sulfonamides is 1. The summed E-state index contributed by atoms with van der Waals surface area (Å²) in [6.07, 6.45) is 1.16. The third-order valence-corrected chi connectivity index (χ3v) is 7.39. The molecule has 0 spiro atoms. The molecule has 2 aromatic rings. The number of amides is 1. The summed E-state index contributed by atoms with van der Waals surface area (Å²) in [5.74, 6) is 0.0475. The number of ether oxygens (including phenoxy) is 1. The molecule has 0 saturated heterocycles. The maximum absolute atomic E-state index is 13.4. The lowest BCUT2D eigenvalue weighted by Crippen LogP contribution is -2.39. The van der Waals surface area contributed by atoms with Gasteiger partial charge in [-0.1, -0.05) is 37.6 Å². The summed E-state index contributed by atoms with van der Waals surface area (Å²) in [7, 11) is -0.840. The van der Waals surface area contributed by atoms with Crippen LogP contribution in [0.5, 0.6) is 5.75 Å². The normalized spacial score (nSPS) is 12.1. The highest BCUT2D eigenvalue weighted by Gasteiger charge is 2.37. The molecule has 0 saturated carbocycles. The van der Waals surface area contributed by atoms with Crippen molar-refractivity contribution < 1.29 is 17.9 Å². The number of carbonyl (C=O) groups excluding carboxylic acids is 1. The smallest absolute Gasteiger partial charge is 0.246 e. The largest absolute Gasteiger partial charge is 0.492 e. The summed E-state index contributed by atoms with van der Waals surface area (Å²) in [6.45, 7) is 6.02. The van der Waals surface area contributed by atoms with Gasteiger partial charge in [-0.2, -0.15) is 0 Å². The zero-order chi connectivity index (χ0) is 22.5. The van der Waals surface area contributed by atoms with E-state index in [9.17, 15) is 13.2 Å². The highest BCUT2D eigenvalue weighted by molar-refractivity contribution is 7.89. The Labute approximate surface area is 184 Å². The molecule has 0 radical (unpaired) electrons. The van der Waals surface area contributed by atoms with Gasteiger partial charge in [0.2, 0.25) is 15.9 Å². The Morgan fingerprint density at radius 3 is 2.17 bits per heavy atom. The molecule has 2 aromatic carbocycles. The van der Waals surface area contributed by atoms with Gasteiger partial charge < -0.3 is 10.1 Å². The van der Waals surface area contributed by atoms with Crippen molar-refractivity contribution in [3.8, 4) is 5.75 Å². The van der Waals surface area contributed by atoms with E-state index in [1.165, 1.54) is 20.2 Å². The van der Waals surface area contributed by atoms with Gasteiger partial charge in [-0.15, -0.1) is 0 Å². The molecule has 0 atom stereocenters. The van der Waals surface area contributed by atoms with Crippen molar-refractivity contribution >= 4 is 33.2 Å². The van der Waals surface area contributed by atoms with Gasteiger partial charge in [-0.25, -0.2) is 12.7 Å². The van der Waals surface area contributed by atoms with Crippen LogP contribution in [0.3, 0.4) is 0 Å². The number of anilines is 1. The number of rotatable bonds is 9. The molecule has 1 N–H and O–H groups in total. The first-order chi connectivity index (χ1) is 14.1. The molecule has 0 unspecified atom stereocenters. The van der Waals surface area contributed by atoms with E-state index in [2.05, 4.69) is 5.32 Å². The Morgan fingerprint density at radius 2 is 1.67 bits per heavy atom. The van der Waals surface area contributed by atoms with Crippen LogP contribution in [0.4, 0.5) is 5.69 Å². The van der Waals surface area contributed by atoms with Crippen LogP contribution in [-0.2, 0) is 20.2 Å². The molecule has 0 bridgehead atoms. The fourth-order valence-electron chi connectivity index (χ4n) is 3.39. The third-order valence-electron chi connectivity index (χ3n) is 5.30. The van der Waals surface area contributed by atoms with Crippen LogP contribution in [0, 0.1) is 0 Å². The van der Waals surface area contributed by atoms with Gasteiger partial charge >= 0.3 is 0 Å². The lowest BCUT2D eigenvalue weighted by Gasteiger charge is -2.31. The topological polar surface area (TPSA) is 75.7 Å². The Morgan fingerprint density at radius 1 is 1.07 bits per heavy atom. The zero-order valence-corrected chi connectivity index (χ0v) is 19.6. The second kappa shape index (κ2) is 9.81. The van der Waals surface area contributed by atoms with Crippen LogP contribution in [-0.4, -0.2) is 39.3 Å². The molecule has 0 aliphatic rings. The second-order valence-corrected chi connectivity index (χ2v) is 9.69. The fourth-order valence-corrected chi connectivity index (χ4v) is 4.57. The van der Waals surface area contributed by atoms with Crippen LogP contribution >= 0.6 is 11.6 Å². The van der Waals surface area contributed by atoms with Gasteiger partial charge in [0, 0.05) is 24.8 Å². The Balaban J connectivity index is 2.47. The van der Waals surface area contributed by atoms with E-state index in [1.54, 1.807) is 31.2 Å². The Kier molecular flexibility index (Phi) is 7.91. The molecular weight excluding hydrogens is 424 g/mol. The maximum Gasteiger partial charge on any atom is 0.246 e. The first kappa shape index (κ1) is 24.2. The van der Waals surface area contributed by atoms with Crippen molar-refractivity contribution in [2.75, 3.05) is 26.0 Å². The quantitative estimate of drug-likeness (QED) is 0.599. The van der Waals surface area contributed by atoms with Gasteiger partial charge in [0.1, 0.15) is 10.6 Å². The number of halogens is 1. The molecule has 30 heavy (non-hydrogen) atoms. The summed E-state index contributed by atoms with van der Waals surface area (Å²) >= 11 is 6.01. The maximum atomic E-state index is 13.4. The predicted octanol–water partition coefficient (Wildman–Crippen LogP) is 4.69. The third kappa shape index (κ3) is 4.79. The average Bonchev–Trinajstić information content (AvgIpc) is 2.71. The predicted molar refractivity (Wildman–Crippen MR) is 121 cm³/mol. The van der Waals surface area contributed by atoms with Crippen LogP contribution in [0.15, 0.2) is 47.4 Å². The average molecular weight is 453 g/mol. The van der Waals surface area contributed by atoms with Crippen molar-refractivity contribution in [1.29, 1.82) is 0 Å². The van der Waals surface area contributed by atoms with Crippen molar-refractivity contribution in [3.05, 3.63) is 53.1 Å². The minimum atomic E-state index is -3.75. The van der Waals surface area contributed by atoms with E-state index >= 15 is 0 Å². The summed E-state index contributed by atoms with van der Waals surface area (Å²) in [5.41, 5.74) is 0.495. The van der Waals surface area contributed by atoms with Gasteiger partial charge in [0.15, 0.2) is 0 Å². The molecule has 0 heterocycles. The molecule has 1 amide bonds. The molecule has 0 aromatic heterocycles. The zero-order valence-electron chi connectivity index (χ0n) is 18.0. The molecule has 0 aliphatic carbocycles. The highest BCUT2D eigenvalue weighted by atomic mass is 35.5. The van der Waals surface area contributed by atoms with E-state index in [4.69, 9.17) is 16.3 Å². The van der Waals surface area contributed by atoms with Crippen LogP contribution in [0.1, 0.15) is 39.2 Å². The Bertz CT molecular complexity index is 985. The molecule has 164 valence electrons. The summed E-state index contributed by atoms with van der Waals surface area (Å²) < 4.78 is 32.1. The minimum absolute atomic E-state index is 0.0113. The fraction of sp³-hybridized carbons (Fsp3) is 0.409. The van der Waals surface area contributed by atoms with E-state index in [0.29, 0.717) is 30.2 Å². The molecule has 6 nitrogen and oxygen atoms in total. The molecule has 8 heteroatoms. The van der Waals surface area contributed by atoms with E-state index in [-0.39, 0.29) is 16.6 Å². The monoisotopic (exact) mass is 452 g/mol. The van der Waals surface area contributed by atoms with Crippen molar-refractivity contribution in [2.24, 2.45) is 0 Å². The van der Waals surface area contributed by atoms with Crippen molar-refractivity contribution in [2.45, 2.75) is 43.9 Å². The molecule has 0 fully saturated rings. The summed E-state index contributed by atoms with van der Waals surface area (Å²) in [4.78, 5) is 13.4. The van der Waals surface area contributed by atoms with Gasteiger partial charge in [0.25, 0.3) is 0 Å². The van der Waals surface area contributed by atoms with Gasteiger partial charge in [-0.05, 0) is 55.7 Å². The van der Waals surface area contributed by atoms with Crippen LogP contribution in [0.2, 0.25) is 5.02 Å². The van der Waals surface area contributed by atoms with Crippen LogP contribution in [0.25, 0.3) is 0 Å². The number of nitrogens with one attached hydrogen (secondary N) is 1. The molecule has 2 rings (SSSR count). The number of benzene rings is 2. The van der Waals surface area contributed by atoms with Gasteiger partial charge in [0.05, 0.1) is 12.0 Å². The first-order valence-corrected chi connectivity index (χ1v) is 11.7. The molecule has 0 aliphatic heterocycles. The Hall–Kier alpha value is -2.09. The van der Waals surface area contributed by atoms with E-state index < -0.39 is 15.4 Å².